The van der Waals surface area contributed by atoms with Crippen molar-refractivity contribution in [1.29, 1.82) is 5.26 Å². The maximum Gasteiger partial charge on any atom is 0.262 e. The number of thiophene rings is 1. The summed E-state index contributed by atoms with van der Waals surface area (Å²) >= 11 is 1.43. The predicted octanol–water partition coefficient (Wildman–Crippen LogP) is 2.87. The third-order valence-corrected chi connectivity index (χ3v) is 4.86. The van der Waals surface area contributed by atoms with Gasteiger partial charge < -0.3 is 0 Å². The molecule has 0 atom stereocenters. The number of aromatic nitrogens is 4. The summed E-state index contributed by atoms with van der Waals surface area (Å²) < 4.78 is 3.24. The van der Waals surface area contributed by atoms with E-state index in [1.54, 1.807) is 17.7 Å². The van der Waals surface area contributed by atoms with Gasteiger partial charge in [0.1, 0.15) is 10.9 Å². The van der Waals surface area contributed by atoms with Crippen LogP contribution >= 0.6 is 11.3 Å². The smallest absolute Gasteiger partial charge is 0.262 e. The molecule has 4 rings (SSSR count). The highest BCUT2D eigenvalue weighted by Gasteiger charge is 2.18. The number of para-hydroxylation sites is 1. The zero-order valence-electron chi connectivity index (χ0n) is 13.4. The molecule has 0 saturated carbocycles. The summed E-state index contributed by atoms with van der Waals surface area (Å²) in [6.07, 6.45) is 1.53. The van der Waals surface area contributed by atoms with Crippen molar-refractivity contribution < 1.29 is 0 Å². The summed E-state index contributed by atoms with van der Waals surface area (Å²) in [6, 6.07) is 13.6. The zero-order chi connectivity index (χ0) is 17.4. The summed E-state index contributed by atoms with van der Waals surface area (Å²) in [7, 11) is 0. The third-order valence-electron chi connectivity index (χ3n) is 4.04. The summed E-state index contributed by atoms with van der Waals surface area (Å²) in [4.78, 5) is 17.7. The van der Waals surface area contributed by atoms with Crippen molar-refractivity contribution >= 4 is 21.6 Å². The van der Waals surface area contributed by atoms with Gasteiger partial charge in [0.05, 0.1) is 40.9 Å². The molecule has 0 unspecified atom stereocenters. The van der Waals surface area contributed by atoms with Gasteiger partial charge in [0.25, 0.3) is 5.56 Å². The SMILES string of the molecule is Cc1nn(-c2ccccc2)c(Cn2cnc3sccc3c2=O)c1C#N. The summed E-state index contributed by atoms with van der Waals surface area (Å²) in [6.45, 7) is 2.03. The molecule has 0 bridgehead atoms. The van der Waals surface area contributed by atoms with Gasteiger partial charge in [0.2, 0.25) is 0 Å². The van der Waals surface area contributed by atoms with Crippen LogP contribution in [0.3, 0.4) is 0 Å². The topological polar surface area (TPSA) is 76.5 Å². The van der Waals surface area contributed by atoms with Crippen LogP contribution in [-0.4, -0.2) is 19.3 Å². The van der Waals surface area contributed by atoms with Crippen LogP contribution in [0.2, 0.25) is 0 Å². The molecular weight excluding hydrogens is 334 g/mol. The van der Waals surface area contributed by atoms with E-state index in [1.165, 1.54) is 22.2 Å². The number of nitrogens with zero attached hydrogens (tertiary/aromatic N) is 5. The molecule has 0 aliphatic rings. The molecule has 3 aromatic heterocycles. The zero-order valence-corrected chi connectivity index (χ0v) is 14.2. The first kappa shape index (κ1) is 15.3. The minimum atomic E-state index is -0.117. The van der Waals surface area contributed by atoms with Crippen molar-refractivity contribution in [3.8, 4) is 11.8 Å². The van der Waals surface area contributed by atoms with Crippen LogP contribution in [0, 0.1) is 18.3 Å². The highest BCUT2D eigenvalue weighted by molar-refractivity contribution is 7.16. The molecule has 0 radical (unpaired) electrons. The summed E-state index contributed by atoms with van der Waals surface area (Å²) in [5.41, 5.74) is 2.53. The van der Waals surface area contributed by atoms with Crippen LogP contribution in [0.25, 0.3) is 15.9 Å². The predicted molar refractivity (Wildman–Crippen MR) is 96.0 cm³/mol. The summed E-state index contributed by atoms with van der Waals surface area (Å²) in [5, 5.41) is 16.5. The van der Waals surface area contributed by atoms with Crippen LogP contribution in [0.1, 0.15) is 17.0 Å². The molecule has 0 spiro atoms. The van der Waals surface area contributed by atoms with Gasteiger partial charge in [-0.1, -0.05) is 18.2 Å². The third kappa shape index (κ3) is 2.53. The van der Waals surface area contributed by atoms with Crippen LogP contribution in [0.5, 0.6) is 0 Å². The van der Waals surface area contributed by atoms with E-state index in [4.69, 9.17) is 0 Å². The van der Waals surface area contributed by atoms with Gasteiger partial charge in [-0.2, -0.15) is 10.4 Å². The molecule has 4 aromatic rings. The molecular formula is C18H13N5OS. The van der Waals surface area contributed by atoms with E-state index in [-0.39, 0.29) is 12.1 Å². The Bertz CT molecular complexity index is 1160. The van der Waals surface area contributed by atoms with Crippen LogP contribution < -0.4 is 5.56 Å². The lowest BCUT2D eigenvalue weighted by atomic mass is 10.2. The second-order valence-corrected chi connectivity index (χ2v) is 6.48. The van der Waals surface area contributed by atoms with Crippen LogP contribution in [0.4, 0.5) is 0 Å². The Kier molecular flexibility index (Phi) is 3.67. The molecule has 0 N–H and O–H groups in total. The van der Waals surface area contributed by atoms with Crippen molar-refractivity contribution in [2.24, 2.45) is 0 Å². The van der Waals surface area contributed by atoms with Crippen LogP contribution in [-0.2, 0) is 6.54 Å². The maximum absolute atomic E-state index is 12.7. The van der Waals surface area contributed by atoms with Gasteiger partial charge in [-0.25, -0.2) is 9.67 Å². The molecule has 6 nitrogen and oxygen atoms in total. The van der Waals surface area contributed by atoms with E-state index in [1.807, 2.05) is 35.7 Å². The van der Waals surface area contributed by atoms with Gasteiger partial charge >= 0.3 is 0 Å². The fourth-order valence-corrected chi connectivity index (χ4v) is 3.54. The minimum absolute atomic E-state index is 0.117. The minimum Gasteiger partial charge on any atom is -0.293 e. The number of fused-ring (bicyclic) bond motifs is 1. The number of hydrogen-bond donors (Lipinski definition) is 0. The Morgan fingerprint density at radius 3 is 2.80 bits per heavy atom. The Labute approximate surface area is 147 Å². The van der Waals surface area contributed by atoms with Crippen molar-refractivity contribution in [2.45, 2.75) is 13.5 Å². The second kappa shape index (κ2) is 6.00. The fraction of sp³-hybridized carbons (Fsp3) is 0.111. The van der Waals surface area contributed by atoms with Gasteiger partial charge in [-0.3, -0.25) is 9.36 Å². The highest BCUT2D eigenvalue weighted by atomic mass is 32.1. The van der Waals surface area contributed by atoms with Gasteiger partial charge in [0.15, 0.2) is 0 Å². The Morgan fingerprint density at radius 1 is 1.24 bits per heavy atom. The number of aryl methyl sites for hydroxylation is 1. The van der Waals surface area contributed by atoms with Gasteiger partial charge in [-0.15, -0.1) is 11.3 Å². The Hall–Kier alpha value is -3.24. The first-order valence-corrected chi connectivity index (χ1v) is 8.53. The standard InChI is InChI=1S/C18H13N5OS/c1-12-15(9-19)16(23(21-12)13-5-3-2-4-6-13)10-22-11-20-17-14(18(22)24)7-8-25-17/h2-8,11H,10H2,1H3. The van der Waals surface area contributed by atoms with Gasteiger partial charge in [-0.05, 0) is 30.5 Å². The summed E-state index contributed by atoms with van der Waals surface area (Å²) in [5.74, 6) is 0. The van der Waals surface area contributed by atoms with E-state index < -0.39 is 0 Å². The lowest BCUT2D eigenvalue weighted by Gasteiger charge is -2.09. The van der Waals surface area contributed by atoms with Crippen molar-refractivity contribution in [3.63, 3.8) is 0 Å². The average Bonchev–Trinajstić information content (AvgIpc) is 3.23. The van der Waals surface area contributed by atoms with Crippen molar-refractivity contribution in [1.82, 2.24) is 19.3 Å². The molecule has 0 aliphatic carbocycles. The molecule has 3 heterocycles. The molecule has 0 aliphatic heterocycles. The first-order valence-electron chi connectivity index (χ1n) is 7.65. The van der Waals surface area contributed by atoms with E-state index in [0.717, 1.165) is 10.5 Å². The van der Waals surface area contributed by atoms with E-state index in [9.17, 15) is 10.1 Å². The van der Waals surface area contributed by atoms with Crippen molar-refractivity contribution in [2.75, 3.05) is 0 Å². The lowest BCUT2D eigenvalue weighted by Crippen LogP contribution is -2.22. The number of nitriles is 1. The number of hydrogen-bond acceptors (Lipinski definition) is 5. The van der Waals surface area contributed by atoms with Gasteiger partial charge in [0, 0.05) is 0 Å². The monoisotopic (exact) mass is 347 g/mol. The number of benzene rings is 1. The molecule has 0 amide bonds. The Balaban J connectivity index is 1.88. The normalized spacial score (nSPS) is 10.9. The average molecular weight is 347 g/mol. The fourth-order valence-electron chi connectivity index (χ4n) is 2.82. The number of rotatable bonds is 3. The van der Waals surface area contributed by atoms with Crippen LogP contribution in [0.15, 0.2) is 52.9 Å². The molecule has 1 aromatic carbocycles. The lowest BCUT2D eigenvalue weighted by molar-refractivity contribution is 0.689. The highest BCUT2D eigenvalue weighted by Crippen LogP contribution is 2.19. The van der Waals surface area contributed by atoms with E-state index in [2.05, 4.69) is 16.2 Å². The molecule has 25 heavy (non-hydrogen) atoms. The van der Waals surface area contributed by atoms with E-state index >= 15 is 0 Å². The largest absolute Gasteiger partial charge is 0.293 e. The molecule has 0 saturated heterocycles. The molecule has 122 valence electrons. The second-order valence-electron chi connectivity index (χ2n) is 5.58. The Morgan fingerprint density at radius 2 is 2.04 bits per heavy atom. The maximum atomic E-state index is 12.7. The first-order chi connectivity index (χ1) is 12.2. The van der Waals surface area contributed by atoms with E-state index in [0.29, 0.717) is 22.3 Å². The molecule has 0 fully saturated rings. The molecule has 7 heteroatoms. The quantitative estimate of drug-likeness (QED) is 0.571. The van der Waals surface area contributed by atoms with Crippen molar-refractivity contribution in [3.05, 3.63) is 75.4 Å².